The van der Waals surface area contributed by atoms with Crippen LogP contribution >= 0.6 is 11.3 Å². The molecule has 0 unspecified atom stereocenters. The summed E-state index contributed by atoms with van der Waals surface area (Å²) in [5, 5.41) is 0. The topological polar surface area (TPSA) is 96.2 Å². The fourth-order valence-electron chi connectivity index (χ4n) is 4.13. The van der Waals surface area contributed by atoms with Crippen molar-refractivity contribution in [3.05, 3.63) is 90.1 Å². The number of aromatic nitrogens is 1. The minimum atomic E-state index is -0.664. The van der Waals surface area contributed by atoms with Crippen LogP contribution < -0.4 is 24.4 Å². The fourth-order valence-corrected chi connectivity index (χ4v) is 5.18. The number of rotatable bonds is 7. The normalized spacial score (nSPS) is 15.2. The van der Waals surface area contributed by atoms with Crippen molar-refractivity contribution in [2.75, 3.05) is 13.2 Å². The summed E-state index contributed by atoms with van der Waals surface area (Å²) in [4.78, 5) is 43.2. The van der Waals surface area contributed by atoms with E-state index in [1.165, 1.54) is 18.3 Å². The molecule has 1 aromatic heterocycles. The molecule has 0 spiro atoms. The molecule has 2 aromatic carbocycles. The zero-order valence-electron chi connectivity index (χ0n) is 21.4. The molecule has 0 amide bonds. The third-order valence-electron chi connectivity index (χ3n) is 5.73. The zero-order valence-corrected chi connectivity index (χ0v) is 22.2. The molecule has 2 heterocycles. The predicted octanol–water partition coefficient (Wildman–Crippen LogP) is 3.43. The molecule has 0 radical (unpaired) electrons. The second kappa shape index (κ2) is 11.0. The Kier molecular flexibility index (Phi) is 7.73. The Labute approximate surface area is 218 Å². The molecule has 0 saturated carbocycles. The van der Waals surface area contributed by atoms with E-state index in [1.54, 1.807) is 42.7 Å². The predicted molar refractivity (Wildman–Crippen MR) is 140 cm³/mol. The number of hydrogen-bond donors (Lipinski definition) is 0. The average molecular weight is 521 g/mol. The van der Waals surface area contributed by atoms with Gasteiger partial charge in [0.2, 0.25) is 0 Å². The van der Waals surface area contributed by atoms with Crippen LogP contribution in [0.4, 0.5) is 0 Å². The molecular formula is C28H28N2O6S. The quantitative estimate of drug-likeness (QED) is 0.350. The number of nitrogens with zero attached hydrogens (tertiary/aromatic N) is 2. The van der Waals surface area contributed by atoms with Gasteiger partial charge >= 0.3 is 11.9 Å². The van der Waals surface area contributed by atoms with Crippen LogP contribution in [-0.4, -0.2) is 29.7 Å². The highest BCUT2D eigenvalue weighted by molar-refractivity contribution is 7.07. The summed E-state index contributed by atoms with van der Waals surface area (Å²) in [6.45, 7) is 9.22. The van der Waals surface area contributed by atoms with E-state index in [-0.39, 0.29) is 12.2 Å². The SMILES string of the molecule is CCOC(=O)C1=C(C)N=c2s/c(=C\c3ccc(OC(C)=O)c(OCC)c3)c(=O)n2[C@@H]1c1ccc(C)cc1. The molecular weight excluding hydrogens is 492 g/mol. The summed E-state index contributed by atoms with van der Waals surface area (Å²) in [6, 6.07) is 12.1. The van der Waals surface area contributed by atoms with Crippen molar-refractivity contribution in [1.29, 1.82) is 0 Å². The lowest BCUT2D eigenvalue weighted by atomic mass is 9.95. The minimum absolute atomic E-state index is 0.214. The molecule has 3 aromatic rings. The molecule has 192 valence electrons. The molecule has 37 heavy (non-hydrogen) atoms. The van der Waals surface area contributed by atoms with Gasteiger partial charge in [-0.05, 0) is 57.0 Å². The Morgan fingerprint density at radius 3 is 2.43 bits per heavy atom. The van der Waals surface area contributed by atoms with Crippen LogP contribution in [0.2, 0.25) is 0 Å². The van der Waals surface area contributed by atoms with E-state index < -0.39 is 18.0 Å². The first kappa shape index (κ1) is 26.1. The maximum Gasteiger partial charge on any atom is 0.338 e. The van der Waals surface area contributed by atoms with Crippen LogP contribution in [0.1, 0.15) is 50.4 Å². The lowest BCUT2D eigenvalue weighted by Crippen LogP contribution is -2.39. The van der Waals surface area contributed by atoms with Crippen LogP contribution in [0.15, 0.2) is 63.5 Å². The Balaban J connectivity index is 1.88. The summed E-state index contributed by atoms with van der Waals surface area (Å²) >= 11 is 1.24. The van der Waals surface area contributed by atoms with Gasteiger partial charge in [-0.3, -0.25) is 14.2 Å². The van der Waals surface area contributed by atoms with Crippen molar-refractivity contribution in [2.24, 2.45) is 4.99 Å². The maximum absolute atomic E-state index is 13.7. The summed E-state index contributed by atoms with van der Waals surface area (Å²) in [5.41, 5.74) is 3.13. The smallest absolute Gasteiger partial charge is 0.338 e. The molecule has 9 heteroatoms. The number of aryl methyl sites for hydroxylation is 1. The number of hydrogen-bond acceptors (Lipinski definition) is 8. The van der Waals surface area contributed by atoms with Gasteiger partial charge in [-0.15, -0.1) is 0 Å². The van der Waals surface area contributed by atoms with Gasteiger partial charge in [0.1, 0.15) is 0 Å². The van der Waals surface area contributed by atoms with Gasteiger partial charge in [0.25, 0.3) is 5.56 Å². The van der Waals surface area contributed by atoms with Crippen molar-refractivity contribution < 1.29 is 23.8 Å². The van der Waals surface area contributed by atoms with Crippen LogP contribution in [0.25, 0.3) is 6.08 Å². The van der Waals surface area contributed by atoms with Gasteiger partial charge < -0.3 is 14.2 Å². The number of carbonyl (C=O) groups is 2. The van der Waals surface area contributed by atoms with E-state index in [0.29, 0.717) is 44.3 Å². The van der Waals surface area contributed by atoms with Crippen molar-refractivity contribution >= 4 is 29.4 Å². The summed E-state index contributed by atoms with van der Waals surface area (Å²) in [5.74, 6) is -0.240. The van der Waals surface area contributed by atoms with E-state index in [0.717, 1.165) is 11.1 Å². The number of benzene rings is 2. The molecule has 0 N–H and O–H groups in total. The lowest BCUT2D eigenvalue weighted by Gasteiger charge is -2.24. The van der Waals surface area contributed by atoms with E-state index in [2.05, 4.69) is 4.99 Å². The first-order valence-corrected chi connectivity index (χ1v) is 12.8. The number of allylic oxidation sites excluding steroid dienone is 1. The number of esters is 2. The standard InChI is InChI=1S/C28H28N2O6S/c1-6-34-22-14-19(10-13-21(22)36-18(5)31)15-23-26(32)30-25(20-11-8-16(3)9-12-20)24(27(33)35-7-2)17(4)29-28(30)37-23/h8-15,25H,6-7H2,1-5H3/b23-15-/t25-/m1/s1. The van der Waals surface area contributed by atoms with Gasteiger partial charge in [0.15, 0.2) is 16.3 Å². The van der Waals surface area contributed by atoms with Crippen molar-refractivity contribution in [2.45, 2.75) is 40.7 Å². The second-order valence-corrected chi connectivity index (χ2v) is 9.45. The van der Waals surface area contributed by atoms with Crippen molar-refractivity contribution in [3.63, 3.8) is 0 Å². The summed E-state index contributed by atoms with van der Waals surface area (Å²) < 4.78 is 18.2. The summed E-state index contributed by atoms with van der Waals surface area (Å²) in [6.07, 6.45) is 1.74. The van der Waals surface area contributed by atoms with E-state index in [1.807, 2.05) is 38.1 Å². The number of fused-ring (bicyclic) bond motifs is 1. The van der Waals surface area contributed by atoms with Crippen LogP contribution in [0, 0.1) is 6.92 Å². The molecule has 0 aliphatic carbocycles. The molecule has 1 aliphatic heterocycles. The van der Waals surface area contributed by atoms with E-state index in [4.69, 9.17) is 14.2 Å². The third kappa shape index (κ3) is 5.41. The van der Waals surface area contributed by atoms with Crippen LogP contribution in [-0.2, 0) is 14.3 Å². The number of carbonyl (C=O) groups excluding carboxylic acids is 2. The summed E-state index contributed by atoms with van der Waals surface area (Å²) in [7, 11) is 0. The second-order valence-electron chi connectivity index (χ2n) is 8.45. The first-order chi connectivity index (χ1) is 17.7. The maximum atomic E-state index is 13.7. The van der Waals surface area contributed by atoms with Gasteiger partial charge in [-0.25, -0.2) is 9.79 Å². The number of thiazole rings is 1. The highest BCUT2D eigenvalue weighted by Crippen LogP contribution is 2.31. The molecule has 0 saturated heterocycles. The monoisotopic (exact) mass is 520 g/mol. The third-order valence-corrected chi connectivity index (χ3v) is 6.71. The molecule has 0 bridgehead atoms. The molecule has 0 fully saturated rings. The molecule has 1 aliphatic rings. The van der Waals surface area contributed by atoms with Gasteiger partial charge in [-0.1, -0.05) is 47.2 Å². The fraction of sp³-hybridized carbons (Fsp3) is 0.286. The lowest BCUT2D eigenvalue weighted by molar-refractivity contribution is -0.139. The van der Waals surface area contributed by atoms with Crippen LogP contribution in [0.3, 0.4) is 0 Å². The molecule has 1 atom stereocenters. The van der Waals surface area contributed by atoms with E-state index in [9.17, 15) is 14.4 Å². The minimum Gasteiger partial charge on any atom is -0.490 e. The molecule has 4 rings (SSSR count). The van der Waals surface area contributed by atoms with Crippen molar-refractivity contribution in [1.82, 2.24) is 4.57 Å². The Hall–Kier alpha value is -3.98. The van der Waals surface area contributed by atoms with E-state index >= 15 is 0 Å². The Morgan fingerprint density at radius 2 is 1.78 bits per heavy atom. The molecule has 8 nitrogen and oxygen atoms in total. The zero-order chi connectivity index (χ0) is 26.7. The first-order valence-electron chi connectivity index (χ1n) is 11.9. The van der Waals surface area contributed by atoms with Gasteiger partial charge in [0.05, 0.1) is 35.1 Å². The Morgan fingerprint density at radius 1 is 1.05 bits per heavy atom. The highest BCUT2D eigenvalue weighted by atomic mass is 32.1. The largest absolute Gasteiger partial charge is 0.490 e. The van der Waals surface area contributed by atoms with Gasteiger partial charge in [0, 0.05) is 6.92 Å². The van der Waals surface area contributed by atoms with Gasteiger partial charge in [-0.2, -0.15) is 0 Å². The Bertz CT molecular complexity index is 1560. The number of ether oxygens (including phenoxy) is 3. The highest BCUT2D eigenvalue weighted by Gasteiger charge is 2.33. The average Bonchev–Trinajstić information content (AvgIpc) is 3.14. The van der Waals surface area contributed by atoms with Crippen LogP contribution in [0.5, 0.6) is 11.5 Å². The van der Waals surface area contributed by atoms with Crippen molar-refractivity contribution in [3.8, 4) is 11.5 Å².